The second-order valence-corrected chi connectivity index (χ2v) is 4.47. The van der Waals surface area contributed by atoms with E-state index < -0.39 is 0 Å². The molecule has 0 aliphatic heterocycles. The van der Waals surface area contributed by atoms with Crippen LogP contribution in [0.5, 0.6) is 0 Å². The van der Waals surface area contributed by atoms with Crippen LogP contribution in [0.15, 0.2) is 30.9 Å². The van der Waals surface area contributed by atoms with Crippen molar-refractivity contribution in [3.63, 3.8) is 0 Å². The largest absolute Gasteiger partial charge is 0.395 e. The van der Waals surface area contributed by atoms with Crippen molar-refractivity contribution in [2.75, 3.05) is 25.0 Å². The average Bonchev–Trinajstić information content (AvgIpc) is 2.37. The summed E-state index contributed by atoms with van der Waals surface area (Å²) in [6.07, 6.45) is 1.63. The standard InChI is InChI=1S/C14H21N3O2/c1-4-8-17(9-10-18)14(19)12-6-5-7-13(16-12)15-11(2)3/h4-7,11,18H,1,8-10H2,2-3H3,(H,15,16). The first-order valence-electron chi connectivity index (χ1n) is 6.33. The molecule has 0 bridgehead atoms. The Labute approximate surface area is 114 Å². The maximum Gasteiger partial charge on any atom is 0.272 e. The third-order valence-electron chi connectivity index (χ3n) is 2.41. The summed E-state index contributed by atoms with van der Waals surface area (Å²) in [5.41, 5.74) is 0.362. The molecule has 0 radical (unpaired) electrons. The molecule has 5 heteroatoms. The van der Waals surface area contributed by atoms with Crippen LogP contribution in [0.25, 0.3) is 0 Å². The van der Waals surface area contributed by atoms with Crippen molar-refractivity contribution < 1.29 is 9.90 Å². The van der Waals surface area contributed by atoms with Crippen molar-refractivity contribution in [1.29, 1.82) is 0 Å². The van der Waals surface area contributed by atoms with E-state index in [1.165, 1.54) is 4.90 Å². The van der Waals surface area contributed by atoms with Crippen LogP contribution >= 0.6 is 0 Å². The average molecular weight is 263 g/mol. The molecule has 0 aliphatic rings. The number of amides is 1. The molecular formula is C14H21N3O2. The molecule has 1 aromatic rings. The van der Waals surface area contributed by atoms with E-state index in [1.54, 1.807) is 18.2 Å². The van der Waals surface area contributed by atoms with Crippen LogP contribution in [0.1, 0.15) is 24.3 Å². The SMILES string of the molecule is C=CCN(CCO)C(=O)c1cccc(NC(C)C)n1. The molecule has 0 unspecified atom stereocenters. The van der Waals surface area contributed by atoms with Gasteiger partial charge in [-0.1, -0.05) is 12.1 Å². The van der Waals surface area contributed by atoms with Crippen LogP contribution in [0.2, 0.25) is 0 Å². The summed E-state index contributed by atoms with van der Waals surface area (Å²) in [6.45, 7) is 8.20. The number of aliphatic hydroxyl groups excluding tert-OH is 1. The van der Waals surface area contributed by atoms with Crippen LogP contribution < -0.4 is 5.32 Å². The summed E-state index contributed by atoms with van der Waals surface area (Å²) in [5, 5.41) is 12.1. The fourth-order valence-electron chi connectivity index (χ4n) is 1.64. The van der Waals surface area contributed by atoms with E-state index in [9.17, 15) is 4.79 Å². The van der Waals surface area contributed by atoms with Crippen LogP contribution in [0, 0.1) is 0 Å². The predicted octanol–water partition coefficient (Wildman–Crippen LogP) is 1.52. The summed E-state index contributed by atoms with van der Waals surface area (Å²) >= 11 is 0. The highest BCUT2D eigenvalue weighted by Crippen LogP contribution is 2.09. The van der Waals surface area contributed by atoms with Gasteiger partial charge in [-0.3, -0.25) is 4.79 Å². The van der Waals surface area contributed by atoms with Gasteiger partial charge < -0.3 is 15.3 Å². The van der Waals surface area contributed by atoms with Gasteiger partial charge in [0, 0.05) is 19.1 Å². The molecule has 1 rings (SSSR count). The first-order valence-corrected chi connectivity index (χ1v) is 6.33. The first kappa shape index (κ1) is 15.2. The third kappa shape index (κ3) is 4.71. The lowest BCUT2D eigenvalue weighted by molar-refractivity contribution is 0.0737. The number of carbonyl (C=O) groups excluding carboxylic acids is 1. The molecule has 0 saturated heterocycles. The molecule has 2 N–H and O–H groups in total. The van der Waals surface area contributed by atoms with E-state index in [0.717, 1.165) is 0 Å². The van der Waals surface area contributed by atoms with Crippen LogP contribution in [-0.2, 0) is 0 Å². The van der Waals surface area contributed by atoms with Gasteiger partial charge in [0.15, 0.2) is 0 Å². The number of aromatic nitrogens is 1. The number of nitrogens with zero attached hydrogens (tertiary/aromatic N) is 2. The molecule has 1 heterocycles. The Balaban J connectivity index is 2.87. The molecule has 0 fully saturated rings. The normalized spacial score (nSPS) is 10.3. The molecule has 0 saturated carbocycles. The molecule has 0 aromatic carbocycles. The quantitative estimate of drug-likeness (QED) is 0.732. The zero-order chi connectivity index (χ0) is 14.3. The summed E-state index contributed by atoms with van der Waals surface area (Å²) in [6, 6.07) is 5.53. The van der Waals surface area contributed by atoms with Crippen molar-refractivity contribution in [2.45, 2.75) is 19.9 Å². The van der Waals surface area contributed by atoms with E-state index in [-0.39, 0.29) is 25.1 Å². The fourth-order valence-corrected chi connectivity index (χ4v) is 1.64. The third-order valence-corrected chi connectivity index (χ3v) is 2.41. The molecule has 0 spiro atoms. The topological polar surface area (TPSA) is 65.5 Å². The predicted molar refractivity (Wildman–Crippen MR) is 76.2 cm³/mol. The molecule has 1 amide bonds. The Kier molecular flexibility index (Phi) is 6.02. The van der Waals surface area contributed by atoms with Gasteiger partial charge in [0.05, 0.1) is 6.61 Å². The number of aliphatic hydroxyl groups is 1. The number of hydrogen-bond acceptors (Lipinski definition) is 4. The molecule has 104 valence electrons. The summed E-state index contributed by atoms with van der Waals surface area (Å²) in [5.74, 6) is 0.463. The summed E-state index contributed by atoms with van der Waals surface area (Å²) in [7, 11) is 0. The van der Waals surface area contributed by atoms with Crippen molar-refractivity contribution in [1.82, 2.24) is 9.88 Å². The van der Waals surface area contributed by atoms with Gasteiger partial charge in [0.25, 0.3) is 5.91 Å². The van der Waals surface area contributed by atoms with E-state index >= 15 is 0 Å². The Hall–Kier alpha value is -1.88. The van der Waals surface area contributed by atoms with Crippen molar-refractivity contribution in [2.24, 2.45) is 0 Å². The van der Waals surface area contributed by atoms with E-state index in [2.05, 4.69) is 16.9 Å². The zero-order valence-electron chi connectivity index (χ0n) is 11.5. The van der Waals surface area contributed by atoms with E-state index in [0.29, 0.717) is 18.1 Å². The van der Waals surface area contributed by atoms with Gasteiger partial charge in [-0.05, 0) is 26.0 Å². The highest BCUT2D eigenvalue weighted by Gasteiger charge is 2.15. The molecule has 0 atom stereocenters. The van der Waals surface area contributed by atoms with Crippen molar-refractivity contribution in [3.8, 4) is 0 Å². The van der Waals surface area contributed by atoms with Gasteiger partial charge in [0.2, 0.25) is 0 Å². The number of anilines is 1. The molecule has 5 nitrogen and oxygen atoms in total. The number of hydrogen-bond donors (Lipinski definition) is 2. The lowest BCUT2D eigenvalue weighted by Crippen LogP contribution is -2.34. The smallest absolute Gasteiger partial charge is 0.272 e. The maximum absolute atomic E-state index is 12.2. The first-order chi connectivity index (χ1) is 9.08. The summed E-state index contributed by atoms with van der Waals surface area (Å²) in [4.78, 5) is 18.0. The highest BCUT2D eigenvalue weighted by molar-refractivity contribution is 5.92. The number of nitrogens with one attached hydrogen (secondary N) is 1. The van der Waals surface area contributed by atoms with Gasteiger partial charge >= 0.3 is 0 Å². The fraction of sp³-hybridized carbons (Fsp3) is 0.429. The number of rotatable bonds is 7. The van der Waals surface area contributed by atoms with Crippen molar-refractivity contribution >= 4 is 11.7 Å². The Morgan fingerprint density at radius 2 is 2.32 bits per heavy atom. The lowest BCUT2D eigenvalue weighted by atomic mass is 10.3. The van der Waals surface area contributed by atoms with E-state index in [4.69, 9.17) is 5.11 Å². The lowest BCUT2D eigenvalue weighted by Gasteiger charge is -2.20. The monoisotopic (exact) mass is 263 g/mol. The van der Waals surface area contributed by atoms with Gasteiger partial charge in [-0.15, -0.1) is 6.58 Å². The van der Waals surface area contributed by atoms with Gasteiger partial charge in [0.1, 0.15) is 11.5 Å². The second-order valence-electron chi connectivity index (χ2n) is 4.47. The molecule has 0 aliphatic carbocycles. The number of pyridine rings is 1. The van der Waals surface area contributed by atoms with Crippen molar-refractivity contribution in [3.05, 3.63) is 36.5 Å². The van der Waals surface area contributed by atoms with Crippen LogP contribution in [0.4, 0.5) is 5.82 Å². The minimum atomic E-state index is -0.207. The molecule has 1 aromatic heterocycles. The Morgan fingerprint density at radius 3 is 2.89 bits per heavy atom. The number of carbonyl (C=O) groups is 1. The second kappa shape index (κ2) is 7.53. The maximum atomic E-state index is 12.2. The summed E-state index contributed by atoms with van der Waals surface area (Å²) < 4.78 is 0. The molecule has 19 heavy (non-hydrogen) atoms. The Bertz CT molecular complexity index is 432. The minimum Gasteiger partial charge on any atom is -0.395 e. The van der Waals surface area contributed by atoms with Crippen LogP contribution in [-0.4, -0.2) is 46.6 Å². The zero-order valence-corrected chi connectivity index (χ0v) is 11.5. The van der Waals surface area contributed by atoms with Gasteiger partial charge in [-0.2, -0.15) is 0 Å². The highest BCUT2D eigenvalue weighted by atomic mass is 16.3. The van der Waals surface area contributed by atoms with Gasteiger partial charge in [-0.25, -0.2) is 4.98 Å². The van der Waals surface area contributed by atoms with E-state index in [1.807, 2.05) is 19.9 Å². The van der Waals surface area contributed by atoms with Crippen LogP contribution in [0.3, 0.4) is 0 Å². The Morgan fingerprint density at radius 1 is 1.58 bits per heavy atom. The molecular weight excluding hydrogens is 242 g/mol. The minimum absolute atomic E-state index is 0.0798.